The number of nitrogens with zero attached hydrogens (tertiary/aromatic N) is 1. The maximum absolute atomic E-state index is 10.3. The minimum Gasteiger partial charge on any atom is -0.478 e. The van der Waals surface area contributed by atoms with Crippen molar-refractivity contribution in [2.75, 3.05) is 0 Å². The molecule has 1 rings (SSSR count). The summed E-state index contributed by atoms with van der Waals surface area (Å²) in [5.41, 5.74) is 2.38. The fourth-order valence-electron chi connectivity index (χ4n) is 1.17. The van der Waals surface area contributed by atoms with Gasteiger partial charge in [-0.15, -0.1) is 0 Å². The van der Waals surface area contributed by atoms with Gasteiger partial charge in [0.1, 0.15) is 0 Å². The molecule has 0 radical (unpaired) electrons. The maximum atomic E-state index is 10.3. The van der Waals surface area contributed by atoms with Crippen LogP contribution in [-0.2, 0) is 4.79 Å². The molecule has 0 atom stereocenters. The second-order valence-electron chi connectivity index (χ2n) is 3.29. The van der Waals surface area contributed by atoms with Crippen LogP contribution in [0.2, 0.25) is 0 Å². The summed E-state index contributed by atoms with van der Waals surface area (Å²) >= 11 is 0. The molecule has 0 spiro atoms. The van der Waals surface area contributed by atoms with Crippen molar-refractivity contribution in [3.63, 3.8) is 0 Å². The van der Waals surface area contributed by atoms with Gasteiger partial charge in [-0.2, -0.15) is 5.26 Å². The number of carboxylic acids is 1. The first-order chi connectivity index (χ1) is 7.61. The first-order valence-electron chi connectivity index (χ1n) is 4.71. The van der Waals surface area contributed by atoms with Gasteiger partial charge in [0.25, 0.3) is 0 Å². The molecule has 0 fully saturated rings. The largest absolute Gasteiger partial charge is 0.478 e. The Hall–Kier alpha value is -2.34. The van der Waals surface area contributed by atoms with E-state index in [9.17, 15) is 4.79 Å². The van der Waals surface area contributed by atoms with Crippen molar-refractivity contribution in [2.24, 2.45) is 0 Å². The summed E-state index contributed by atoms with van der Waals surface area (Å²) < 4.78 is 0. The third-order valence-corrected chi connectivity index (χ3v) is 1.92. The van der Waals surface area contributed by atoms with Crippen molar-refractivity contribution >= 4 is 12.0 Å². The highest BCUT2D eigenvalue weighted by atomic mass is 16.4. The normalized spacial score (nSPS) is 11.4. The minimum absolute atomic E-state index is 0.607. The van der Waals surface area contributed by atoms with Crippen molar-refractivity contribution in [1.82, 2.24) is 0 Å². The highest BCUT2D eigenvalue weighted by Crippen LogP contribution is 2.09. The topological polar surface area (TPSA) is 61.1 Å². The van der Waals surface area contributed by atoms with Crippen LogP contribution < -0.4 is 0 Å². The molecular weight excluding hydrogens is 202 g/mol. The molecule has 0 heterocycles. The van der Waals surface area contributed by atoms with E-state index >= 15 is 0 Å². The Morgan fingerprint density at radius 2 is 1.94 bits per heavy atom. The van der Waals surface area contributed by atoms with E-state index in [0.717, 1.165) is 17.2 Å². The highest BCUT2D eigenvalue weighted by molar-refractivity contribution is 5.80. The zero-order valence-corrected chi connectivity index (χ0v) is 8.84. The summed E-state index contributed by atoms with van der Waals surface area (Å²) in [6, 6.07) is 9.11. The zero-order valence-electron chi connectivity index (χ0n) is 8.84. The smallest absolute Gasteiger partial charge is 0.328 e. The van der Waals surface area contributed by atoms with Crippen LogP contribution in [0.1, 0.15) is 18.1 Å². The molecule has 16 heavy (non-hydrogen) atoms. The summed E-state index contributed by atoms with van der Waals surface area (Å²) in [6.45, 7) is 1.82. The third kappa shape index (κ3) is 3.81. The number of rotatable bonds is 3. The molecule has 1 aromatic rings. The number of nitriles is 1. The Kier molecular flexibility index (Phi) is 4.05. The van der Waals surface area contributed by atoms with Crippen LogP contribution in [0, 0.1) is 11.3 Å². The molecular formula is C13H11NO2. The number of hydrogen-bond acceptors (Lipinski definition) is 2. The number of allylic oxidation sites excluding steroid dienone is 2. The molecule has 1 N–H and O–H groups in total. The van der Waals surface area contributed by atoms with Gasteiger partial charge >= 0.3 is 5.97 Å². The molecule has 80 valence electrons. The van der Waals surface area contributed by atoms with Gasteiger partial charge in [-0.25, -0.2) is 4.79 Å². The molecule has 0 aliphatic heterocycles. The van der Waals surface area contributed by atoms with Crippen LogP contribution in [-0.4, -0.2) is 11.1 Å². The second-order valence-corrected chi connectivity index (χ2v) is 3.29. The summed E-state index contributed by atoms with van der Waals surface area (Å²) in [6.07, 6.45) is 4.47. The minimum atomic E-state index is -0.965. The third-order valence-electron chi connectivity index (χ3n) is 1.92. The van der Waals surface area contributed by atoms with E-state index < -0.39 is 5.97 Å². The van der Waals surface area contributed by atoms with Crippen LogP contribution in [0.25, 0.3) is 6.08 Å². The van der Waals surface area contributed by atoms with E-state index in [2.05, 4.69) is 0 Å². The van der Waals surface area contributed by atoms with Gasteiger partial charge in [-0.3, -0.25) is 0 Å². The fraction of sp³-hybridized carbons (Fsp3) is 0.0769. The van der Waals surface area contributed by atoms with Crippen LogP contribution in [0.4, 0.5) is 0 Å². The Bertz CT molecular complexity index is 476. The van der Waals surface area contributed by atoms with Crippen LogP contribution in [0.5, 0.6) is 0 Å². The molecule has 0 aromatic heterocycles. The summed E-state index contributed by atoms with van der Waals surface area (Å²) in [5.74, 6) is -0.965. The average Bonchev–Trinajstić information content (AvgIpc) is 2.27. The van der Waals surface area contributed by atoms with Crippen molar-refractivity contribution in [2.45, 2.75) is 6.92 Å². The standard InChI is InChI=1S/C13H11NO2/c1-10(2-7-13(15)16)8-11-3-5-12(9-14)6-4-11/h2-8H,1H3,(H,15,16)/b7-2+,10-8+. The van der Waals surface area contributed by atoms with E-state index in [1.165, 1.54) is 6.08 Å². The maximum Gasteiger partial charge on any atom is 0.328 e. The van der Waals surface area contributed by atoms with Crippen LogP contribution in [0.15, 0.2) is 42.0 Å². The molecule has 0 bridgehead atoms. The van der Waals surface area contributed by atoms with E-state index in [4.69, 9.17) is 10.4 Å². The quantitative estimate of drug-likeness (QED) is 0.620. The van der Waals surface area contributed by atoms with Gasteiger partial charge in [0.05, 0.1) is 11.6 Å². The fourth-order valence-corrected chi connectivity index (χ4v) is 1.17. The lowest BCUT2D eigenvalue weighted by atomic mass is 10.1. The van der Waals surface area contributed by atoms with Crippen molar-refractivity contribution < 1.29 is 9.90 Å². The molecule has 3 heteroatoms. The summed E-state index contributed by atoms with van der Waals surface area (Å²) in [7, 11) is 0. The van der Waals surface area contributed by atoms with Crippen LogP contribution in [0.3, 0.4) is 0 Å². The molecule has 0 saturated carbocycles. The monoisotopic (exact) mass is 213 g/mol. The lowest BCUT2D eigenvalue weighted by Crippen LogP contribution is -1.85. The Balaban J connectivity index is 2.82. The lowest BCUT2D eigenvalue weighted by Gasteiger charge is -1.95. The number of benzene rings is 1. The lowest BCUT2D eigenvalue weighted by molar-refractivity contribution is -0.131. The molecule has 3 nitrogen and oxygen atoms in total. The number of carbonyl (C=O) groups is 1. The number of carboxylic acid groups (broad SMARTS) is 1. The highest BCUT2D eigenvalue weighted by Gasteiger charge is 1.91. The van der Waals surface area contributed by atoms with Crippen LogP contribution >= 0.6 is 0 Å². The molecule has 0 aliphatic carbocycles. The number of hydrogen-bond donors (Lipinski definition) is 1. The zero-order chi connectivity index (χ0) is 12.0. The van der Waals surface area contributed by atoms with Gasteiger partial charge < -0.3 is 5.11 Å². The summed E-state index contributed by atoms with van der Waals surface area (Å²) in [5, 5.41) is 17.1. The van der Waals surface area contributed by atoms with E-state index in [1.54, 1.807) is 12.1 Å². The predicted molar refractivity (Wildman–Crippen MR) is 61.6 cm³/mol. The van der Waals surface area contributed by atoms with Gasteiger partial charge in [0.15, 0.2) is 0 Å². The molecule has 0 saturated heterocycles. The van der Waals surface area contributed by atoms with E-state index in [0.29, 0.717) is 5.56 Å². The van der Waals surface area contributed by atoms with E-state index in [-0.39, 0.29) is 0 Å². The molecule has 0 amide bonds. The second kappa shape index (κ2) is 5.52. The first-order valence-corrected chi connectivity index (χ1v) is 4.71. The van der Waals surface area contributed by atoms with Gasteiger partial charge in [-0.05, 0) is 24.6 Å². The SMILES string of the molecule is CC(/C=C/C(=O)O)=C\c1ccc(C#N)cc1. The Morgan fingerprint density at radius 3 is 2.44 bits per heavy atom. The van der Waals surface area contributed by atoms with Gasteiger partial charge in [0.2, 0.25) is 0 Å². The van der Waals surface area contributed by atoms with E-state index in [1.807, 2.05) is 31.2 Å². The average molecular weight is 213 g/mol. The first kappa shape index (κ1) is 11.7. The number of aliphatic carboxylic acids is 1. The Labute approximate surface area is 94.0 Å². The van der Waals surface area contributed by atoms with Crippen molar-refractivity contribution in [1.29, 1.82) is 5.26 Å². The molecule has 0 aliphatic rings. The van der Waals surface area contributed by atoms with Crippen molar-refractivity contribution in [3.8, 4) is 6.07 Å². The molecule has 1 aromatic carbocycles. The van der Waals surface area contributed by atoms with Gasteiger partial charge in [0, 0.05) is 6.08 Å². The predicted octanol–water partition coefficient (Wildman–Crippen LogP) is 2.60. The Morgan fingerprint density at radius 1 is 1.31 bits per heavy atom. The summed E-state index contributed by atoms with van der Waals surface area (Å²) in [4.78, 5) is 10.3. The van der Waals surface area contributed by atoms with Gasteiger partial charge in [-0.1, -0.05) is 29.9 Å². The molecule has 0 unspecified atom stereocenters. The van der Waals surface area contributed by atoms with Crippen molar-refractivity contribution in [3.05, 3.63) is 53.1 Å².